The minimum atomic E-state index is -4.55. The molecule has 2 heterocycles. The van der Waals surface area contributed by atoms with Crippen LogP contribution in [0.4, 0.5) is 13.2 Å². The van der Waals surface area contributed by atoms with Crippen molar-refractivity contribution in [3.63, 3.8) is 0 Å². The van der Waals surface area contributed by atoms with Crippen LogP contribution in [0.2, 0.25) is 10.0 Å². The van der Waals surface area contributed by atoms with Gasteiger partial charge in [0.1, 0.15) is 36.7 Å². The van der Waals surface area contributed by atoms with Crippen LogP contribution in [0.3, 0.4) is 0 Å². The van der Waals surface area contributed by atoms with Crippen molar-refractivity contribution in [1.82, 2.24) is 15.0 Å². The Morgan fingerprint density at radius 3 is 2.44 bits per heavy atom. The van der Waals surface area contributed by atoms with Gasteiger partial charge in [-0.15, -0.1) is 5.10 Å². The Bertz CT molecular complexity index is 1520. The predicted octanol–water partition coefficient (Wildman–Crippen LogP) is 2.71. The first-order chi connectivity index (χ1) is 19.4. The smallest absolute Gasteiger partial charge is 0.332 e. The second-order valence-corrected chi connectivity index (χ2v) is 11.6. The molecule has 2 N–H and O–H groups in total. The van der Waals surface area contributed by atoms with Crippen LogP contribution >= 0.6 is 23.2 Å². The number of aliphatic hydroxyl groups is 2. The number of hydrogen-bond donors (Lipinski definition) is 2. The summed E-state index contributed by atoms with van der Waals surface area (Å²) in [5.41, 5.74) is -2.37. The highest BCUT2D eigenvalue weighted by Crippen LogP contribution is 2.38. The SMILES string of the molecule is CCOC(=O)CO[C@@H]1[C@@H](n2cc(-c3cc(F)c(F)c(F)c3)nn2)[C@@H](O)[C@@H](CO)O[C@@H]1S(=O)(=O)c1ccc(Cl)c(Cl)c1. The lowest BCUT2D eigenvalue weighted by molar-refractivity contribution is -0.199. The predicted molar refractivity (Wildman–Crippen MR) is 136 cm³/mol. The fourth-order valence-corrected chi connectivity index (χ4v) is 6.26. The number of nitrogens with zero attached hydrogens (tertiary/aromatic N) is 3. The molecule has 1 aliphatic rings. The summed E-state index contributed by atoms with van der Waals surface area (Å²) in [5, 5.41) is 28.6. The second kappa shape index (κ2) is 12.6. The van der Waals surface area contributed by atoms with Gasteiger partial charge in [-0.05, 0) is 37.3 Å². The lowest BCUT2D eigenvalue weighted by Gasteiger charge is -2.43. The third-order valence-corrected chi connectivity index (χ3v) is 8.79. The van der Waals surface area contributed by atoms with E-state index in [2.05, 4.69) is 10.3 Å². The van der Waals surface area contributed by atoms with Crippen LogP contribution in [0.25, 0.3) is 11.3 Å². The van der Waals surface area contributed by atoms with Crippen LogP contribution in [-0.2, 0) is 28.8 Å². The minimum absolute atomic E-state index is 0.00970. The Kier molecular flexibility index (Phi) is 9.58. The molecule has 0 bridgehead atoms. The number of halogens is 5. The number of carbonyl (C=O) groups excluding carboxylic acids is 1. The molecule has 0 amide bonds. The van der Waals surface area contributed by atoms with Gasteiger partial charge in [0.2, 0.25) is 9.84 Å². The van der Waals surface area contributed by atoms with Gasteiger partial charge < -0.3 is 24.4 Å². The van der Waals surface area contributed by atoms with E-state index in [0.717, 1.165) is 23.0 Å². The van der Waals surface area contributed by atoms with Gasteiger partial charge in [0.25, 0.3) is 0 Å². The van der Waals surface area contributed by atoms with E-state index in [0.29, 0.717) is 12.1 Å². The first-order valence-electron chi connectivity index (χ1n) is 11.9. The van der Waals surface area contributed by atoms with E-state index in [1.165, 1.54) is 13.0 Å². The van der Waals surface area contributed by atoms with E-state index in [1.807, 2.05) is 0 Å². The number of aromatic nitrogens is 3. The molecule has 5 atom stereocenters. The van der Waals surface area contributed by atoms with E-state index in [4.69, 9.17) is 37.4 Å². The number of ether oxygens (including phenoxy) is 3. The van der Waals surface area contributed by atoms with Crippen molar-refractivity contribution < 1.29 is 50.8 Å². The van der Waals surface area contributed by atoms with E-state index in [-0.39, 0.29) is 32.8 Å². The number of sulfone groups is 1. The fraction of sp³-hybridized carbons (Fsp3) is 0.375. The van der Waals surface area contributed by atoms with Gasteiger partial charge >= 0.3 is 5.97 Å². The lowest BCUT2D eigenvalue weighted by Crippen LogP contribution is -2.59. The van der Waals surface area contributed by atoms with Crippen molar-refractivity contribution in [2.24, 2.45) is 0 Å². The molecule has 1 aliphatic heterocycles. The summed E-state index contributed by atoms with van der Waals surface area (Å²) in [4.78, 5) is 11.8. The summed E-state index contributed by atoms with van der Waals surface area (Å²) in [5.74, 6) is -5.56. The molecule has 41 heavy (non-hydrogen) atoms. The molecular formula is C24H22Cl2F3N3O8S. The summed E-state index contributed by atoms with van der Waals surface area (Å²) in [6.07, 6.45) is -3.83. The average Bonchev–Trinajstić information content (AvgIpc) is 3.41. The Labute approximate surface area is 241 Å². The van der Waals surface area contributed by atoms with Crippen LogP contribution < -0.4 is 0 Å². The number of carbonyl (C=O) groups is 1. The number of esters is 1. The molecule has 0 radical (unpaired) electrons. The second-order valence-electron chi connectivity index (χ2n) is 8.75. The molecule has 11 nitrogen and oxygen atoms in total. The number of hydrogen-bond acceptors (Lipinski definition) is 10. The van der Waals surface area contributed by atoms with Crippen LogP contribution in [0, 0.1) is 17.5 Å². The monoisotopic (exact) mass is 639 g/mol. The lowest BCUT2D eigenvalue weighted by atomic mass is 9.97. The van der Waals surface area contributed by atoms with Gasteiger partial charge in [-0.1, -0.05) is 28.4 Å². The zero-order valence-corrected chi connectivity index (χ0v) is 23.3. The standard InChI is InChI=1S/C24H22Cl2F3N3O8S/c1-2-38-19(34)10-39-23-21(32-8-17(30-31-32)11-5-15(27)20(29)16(28)6-11)22(35)18(9-33)40-24(23)41(36,37)12-3-4-13(25)14(26)7-12/h3-8,18,21-24,33,35H,2,9-10H2,1H3/t18-,21+,22+,23-,24-/m1/s1. The van der Waals surface area contributed by atoms with Gasteiger partial charge in [-0.2, -0.15) is 0 Å². The van der Waals surface area contributed by atoms with Gasteiger partial charge in [0.15, 0.2) is 22.9 Å². The molecule has 1 saturated heterocycles. The van der Waals surface area contributed by atoms with Crippen LogP contribution in [0.15, 0.2) is 41.4 Å². The largest absolute Gasteiger partial charge is 0.464 e. The Hall–Kier alpha value is -2.79. The zero-order valence-electron chi connectivity index (χ0n) is 21.0. The van der Waals surface area contributed by atoms with Crippen LogP contribution in [0.1, 0.15) is 13.0 Å². The molecule has 17 heteroatoms. The highest BCUT2D eigenvalue weighted by atomic mass is 35.5. The van der Waals surface area contributed by atoms with Crippen molar-refractivity contribution in [3.05, 3.63) is 64.0 Å². The molecule has 4 rings (SSSR count). The Morgan fingerprint density at radius 2 is 1.83 bits per heavy atom. The molecule has 0 unspecified atom stereocenters. The third kappa shape index (κ3) is 6.35. The Balaban J connectivity index is 1.81. The quantitative estimate of drug-likeness (QED) is 0.264. The summed E-state index contributed by atoms with van der Waals surface area (Å²) >= 11 is 11.9. The number of aliphatic hydroxyl groups excluding tert-OH is 2. The molecule has 1 fully saturated rings. The maximum atomic E-state index is 13.8. The summed E-state index contributed by atoms with van der Waals surface area (Å²) < 4.78 is 85.7. The van der Waals surface area contributed by atoms with E-state index >= 15 is 0 Å². The van der Waals surface area contributed by atoms with Crippen molar-refractivity contribution in [2.75, 3.05) is 19.8 Å². The van der Waals surface area contributed by atoms with E-state index < -0.39 is 76.3 Å². The fourth-order valence-electron chi connectivity index (χ4n) is 4.20. The Morgan fingerprint density at radius 1 is 1.15 bits per heavy atom. The van der Waals surface area contributed by atoms with Crippen LogP contribution in [-0.4, -0.2) is 83.2 Å². The summed E-state index contributed by atoms with van der Waals surface area (Å²) in [6.45, 7) is -0.107. The third-order valence-electron chi connectivity index (χ3n) is 6.14. The molecule has 0 aliphatic carbocycles. The van der Waals surface area contributed by atoms with E-state index in [1.54, 1.807) is 0 Å². The minimum Gasteiger partial charge on any atom is -0.464 e. The number of rotatable bonds is 9. The highest BCUT2D eigenvalue weighted by Gasteiger charge is 2.53. The van der Waals surface area contributed by atoms with Crippen molar-refractivity contribution in [3.8, 4) is 11.3 Å². The van der Waals surface area contributed by atoms with Gasteiger partial charge in [-0.3, -0.25) is 0 Å². The van der Waals surface area contributed by atoms with Gasteiger partial charge in [0, 0.05) is 5.56 Å². The zero-order chi connectivity index (χ0) is 30.1. The number of benzene rings is 2. The summed E-state index contributed by atoms with van der Waals surface area (Å²) in [7, 11) is -4.55. The van der Waals surface area contributed by atoms with Crippen molar-refractivity contribution in [2.45, 2.75) is 41.6 Å². The molecule has 2 aromatic carbocycles. The van der Waals surface area contributed by atoms with Gasteiger partial charge in [-0.25, -0.2) is 31.1 Å². The van der Waals surface area contributed by atoms with Crippen molar-refractivity contribution >= 4 is 39.0 Å². The molecule has 0 saturated carbocycles. The maximum absolute atomic E-state index is 13.8. The first-order valence-corrected chi connectivity index (χ1v) is 14.2. The highest BCUT2D eigenvalue weighted by molar-refractivity contribution is 7.92. The van der Waals surface area contributed by atoms with Crippen LogP contribution in [0.5, 0.6) is 0 Å². The van der Waals surface area contributed by atoms with E-state index in [9.17, 15) is 36.6 Å². The molecular weight excluding hydrogens is 618 g/mol. The average molecular weight is 640 g/mol. The first kappa shape index (κ1) is 31.2. The van der Waals surface area contributed by atoms with Gasteiger partial charge in [0.05, 0.1) is 34.4 Å². The molecule has 1 aromatic heterocycles. The normalized spacial score (nSPS) is 23.0. The molecule has 0 spiro atoms. The van der Waals surface area contributed by atoms with Crippen molar-refractivity contribution in [1.29, 1.82) is 0 Å². The summed E-state index contributed by atoms with van der Waals surface area (Å²) in [6, 6.07) is 3.26. The maximum Gasteiger partial charge on any atom is 0.332 e. The molecule has 3 aromatic rings. The topological polar surface area (TPSA) is 150 Å². The molecule has 222 valence electrons.